The molecule has 1 atom stereocenters. The maximum absolute atomic E-state index is 14.2. The lowest BCUT2D eigenvalue weighted by molar-refractivity contribution is -0.141. The second-order valence-electron chi connectivity index (χ2n) is 13.7. The van der Waals surface area contributed by atoms with Crippen LogP contribution in [0, 0.1) is 6.92 Å². The smallest absolute Gasteiger partial charge is 0.417 e. The number of carbonyl (C=O) groups excluding carboxylic acids is 3. The van der Waals surface area contributed by atoms with Gasteiger partial charge >= 0.3 is 18.4 Å². The summed E-state index contributed by atoms with van der Waals surface area (Å²) in [6, 6.07) is 2.36. The van der Waals surface area contributed by atoms with Crippen molar-refractivity contribution in [2.75, 3.05) is 46.1 Å². The molecule has 2 heterocycles. The molecule has 17 heteroatoms. The number of benzene rings is 1. The van der Waals surface area contributed by atoms with E-state index in [1.54, 1.807) is 34.6 Å². The van der Waals surface area contributed by atoms with Gasteiger partial charge in [0, 0.05) is 43.2 Å². The van der Waals surface area contributed by atoms with Gasteiger partial charge in [0.2, 0.25) is 5.91 Å². The van der Waals surface area contributed by atoms with E-state index in [-0.39, 0.29) is 75.9 Å². The lowest BCUT2D eigenvalue weighted by atomic mass is 9.91. The predicted octanol–water partition coefficient (Wildman–Crippen LogP) is 6.64. The molecule has 0 spiro atoms. The van der Waals surface area contributed by atoms with Gasteiger partial charge in [-0.05, 0) is 77.6 Å². The van der Waals surface area contributed by atoms with Crippen LogP contribution in [0.15, 0.2) is 24.3 Å². The molecule has 1 aliphatic rings. The fraction of sp³-hybridized carbons (Fsp3) is 0.639. The van der Waals surface area contributed by atoms with Crippen molar-refractivity contribution >= 4 is 17.9 Å². The summed E-state index contributed by atoms with van der Waals surface area (Å²) in [6.07, 6.45) is -9.32. The minimum atomic E-state index is -5.00. The number of hydrogen-bond donors (Lipinski definition) is 3. The Morgan fingerprint density at radius 2 is 1.51 bits per heavy atom. The number of rotatable bonds is 17. The molecule has 11 nitrogen and oxygen atoms in total. The summed E-state index contributed by atoms with van der Waals surface area (Å²) in [5.41, 5.74) is -5.44. The van der Waals surface area contributed by atoms with E-state index in [2.05, 4.69) is 16.0 Å². The summed E-state index contributed by atoms with van der Waals surface area (Å²) in [5, 5.41) is 8.06. The van der Waals surface area contributed by atoms with Crippen molar-refractivity contribution in [3.05, 3.63) is 46.6 Å². The van der Waals surface area contributed by atoms with Crippen LogP contribution < -0.4 is 16.0 Å². The zero-order chi connectivity index (χ0) is 39.6. The highest BCUT2D eigenvalue weighted by molar-refractivity contribution is 6.01. The molecule has 53 heavy (non-hydrogen) atoms. The largest absolute Gasteiger partial charge is 0.444 e. The van der Waals surface area contributed by atoms with Crippen molar-refractivity contribution in [3.63, 3.8) is 0 Å². The lowest BCUT2D eigenvalue weighted by Gasteiger charge is -2.31. The third kappa shape index (κ3) is 12.4. The lowest BCUT2D eigenvalue weighted by Crippen LogP contribution is -2.58. The van der Waals surface area contributed by atoms with Crippen molar-refractivity contribution in [2.24, 2.45) is 0 Å². The third-order valence-electron chi connectivity index (χ3n) is 8.76. The van der Waals surface area contributed by atoms with Gasteiger partial charge < -0.3 is 39.5 Å². The fourth-order valence-electron chi connectivity index (χ4n) is 5.86. The molecule has 1 aromatic heterocycles. The second kappa shape index (κ2) is 18.5. The van der Waals surface area contributed by atoms with Crippen LogP contribution in [0.5, 0.6) is 0 Å². The standard InChI is InChI=1S/C36H50F6N4O7/c1-7-34(8-2,31(48)43-13-16-50-18-19-51-17-14-44-32(49)53-33(4,5)6)45-30(47)26-21-29(46(23(26)3)22-25-10-9-15-52-25)27-20-24(35(37,38)39)11-12-28(27)36(40,41)42/h11-12,20-21,25H,7-10,13-19,22H2,1-6H3,(H,43,48)(H,44,49)(H,45,47)/t25-/m1/s1. The van der Waals surface area contributed by atoms with Crippen LogP contribution in [0.25, 0.3) is 11.3 Å². The summed E-state index contributed by atoms with van der Waals surface area (Å²) in [5.74, 6) is -1.29. The molecule has 0 aliphatic carbocycles. The highest BCUT2D eigenvalue weighted by Gasteiger charge is 2.40. The van der Waals surface area contributed by atoms with E-state index < -0.39 is 64.2 Å². The molecule has 0 unspecified atom stereocenters. The number of alkyl halides is 6. The van der Waals surface area contributed by atoms with Crippen LogP contribution in [0.2, 0.25) is 0 Å². The van der Waals surface area contributed by atoms with Crippen molar-refractivity contribution in [2.45, 2.75) is 103 Å². The Balaban J connectivity index is 1.71. The maximum Gasteiger partial charge on any atom is 0.417 e. The number of alkyl carbamates (subject to hydrolysis) is 1. The van der Waals surface area contributed by atoms with Gasteiger partial charge in [-0.15, -0.1) is 0 Å². The Hall–Kier alpha value is -3.83. The topological polar surface area (TPSA) is 129 Å². The quantitative estimate of drug-likeness (QED) is 0.122. The summed E-state index contributed by atoms with van der Waals surface area (Å²) < 4.78 is 107. The first-order valence-corrected chi connectivity index (χ1v) is 17.6. The molecule has 1 aliphatic heterocycles. The summed E-state index contributed by atoms with van der Waals surface area (Å²) in [6.45, 7) is 11.7. The zero-order valence-corrected chi connectivity index (χ0v) is 30.9. The number of aromatic nitrogens is 1. The molecule has 1 fully saturated rings. The number of ether oxygens (including phenoxy) is 4. The Kier molecular flexibility index (Phi) is 15.2. The minimum Gasteiger partial charge on any atom is -0.444 e. The highest BCUT2D eigenvalue weighted by Crippen LogP contribution is 2.42. The summed E-state index contributed by atoms with van der Waals surface area (Å²) >= 11 is 0. The Morgan fingerprint density at radius 1 is 0.887 bits per heavy atom. The van der Waals surface area contributed by atoms with Gasteiger partial charge in [-0.25, -0.2) is 4.79 Å². The van der Waals surface area contributed by atoms with E-state index in [0.29, 0.717) is 37.6 Å². The van der Waals surface area contributed by atoms with Crippen molar-refractivity contribution in [1.29, 1.82) is 0 Å². The molecule has 298 valence electrons. The molecule has 3 amide bonds. The zero-order valence-electron chi connectivity index (χ0n) is 30.9. The number of hydrogen-bond acceptors (Lipinski definition) is 7. The number of nitrogens with one attached hydrogen (secondary N) is 3. The molecule has 0 bridgehead atoms. The van der Waals surface area contributed by atoms with E-state index in [0.717, 1.165) is 6.07 Å². The summed E-state index contributed by atoms with van der Waals surface area (Å²) in [7, 11) is 0. The van der Waals surface area contributed by atoms with Gasteiger partial charge in [0.25, 0.3) is 5.91 Å². The molecule has 3 N–H and O–H groups in total. The Morgan fingerprint density at radius 3 is 2.04 bits per heavy atom. The molecule has 0 saturated carbocycles. The van der Waals surface area contributed by atoms with Crippen LogP contribution >= 0.6 is 0 Å². The van der Waals surface area contributed by atoms with E-state index in [1.165, 1.54) is 11.5 Å². The number of halogens is 6. The van der Waals surface area contributed by atoms with Crippen molar-refractivity contribution < 1.29 is 59.7 Å². The van der Waals surface area contributed by atoms with Crippen LogP contribution in [0.4, 0.5) is 31.1 Å². The first-order chi connectivity index (χ1) is 24.7. The molecule has 0 radical (unpaired) electrons. The Bertz CT molecular complexity index is 1540. The molecular formula is C36H50F6N4O7. The van der Waals surface area contributed by atoms with Crippen LogP contribution in [-0.2, 0) is 42.6 Å². The monoisotopic (exact) mass is 764 g/mol. The SMILES string of the molecule is CCC(CC)(NC(=O)c1cc(-c2cc(C(F)(F)F)ccc2C(F)(F)F)n(C[C@H]2CCCO2)c1C)C(=O)NCCOCCOCCNC(=O)OC(C)(C)C. The van der Waals surface area contributed by atoms with Crippen molar-refractivity contribution in [1.82, 2.24) is 20.5 Å². The van der Waals surface area contributed by atoms with Gasteiger partial charge in [0.05, 0.1) is 49.2 Å². The maximum atomic E-state index is 14.2. The highest BCUT2D eigenvalue weighted by atomic mass is 19.4. The molecule has 3 rings (SSSR count). The van der Waals surface area contributed by atoms with Gasteiger partial charge in [0.15, 0.2) is 0 Å². The average Bonchev–Trinajstić information content (AvgIpc) is 3.70. The number of amides is 3. The predicted molar refractivity (Wildman–Crippen MR) is 183 cm³/mol. The normalized spacial score (nSPS) is 15.4. The first kappa shape index (κ1) is 43.6. The first-order valence-electron chi connectivity index (χ1n) is 17.6. The Labute approximate surface area is 305 Å². The fourth-order valence-corrected chi connectivity index (χ4v) is 5.86. The van der Waals surface area contributed by atoms with E-state index in [4.69, 9.17) is 18.9 Å². The van der Waals surface area contributed by atoms with Crippen LogP contribution in [-0.4, -0.2) is 85.8 Å². The van der Waals surface area contributed by atoms with Gasteiger partial charge in [-0.1, -0.05) is 13.8 Å². The van der Waals surface area contributed by atoms with E-state index in [9.17, 15) is 40.7 Å². The molecule has 2 aromatic rings. The van der Waals surface area contributed by atoms with Crippen molar-refractivity contribution in [3.8, 4) is 11.3 Å². The second-order valence-corrected chi connectivity index (χ2v) is 13.7. The van der Waals surface area contributed by atoms with E-state index in [1.807, 2.05) is 0 Å². The molecule has 1 aromatic carbocycles. The van der Waals surface area contributed by atoms with Gasteiger partial charge in [-0.2, -0.15) is 26.3 Å². The number of carbonyl (C=O) groups is 3. The van der Waals surface area contributed by atoms with Gasteiger partial charge in [0.1, 0.15) is 11.1 Å². The minimum absolute atomic E-state index is 0.00316. The molecule has 1 saturated heterocycles. The van der Waals surface area contributed by atoms with Crippen LogP contribution in [0.1, 0.15) is 87.5 Å². The van der Waals surface area contributed by atoms with E-state index >= 15 is 0 Å². The summed E-state index contributed by atoms with van der Waals surface area (Å²) in [4.78, 5) is 38.9. The average molecular weight is 765 g/mol. The molecular weight excluding hydrogens is 714 g/mol. The third-order valence-corrected chi connectivity index (χ3v) is 8.76. The van der Waals surface area contributed by atoms with Crippen LogP contribution in [0.3, 0.4) is 0 Å². The van der Waals surface area contributed by atoms with Gasteiger partial charge in [-0.3, -0.25) is 9.59 Å². The number of nitrogens with zero attached hydrogens (tertiary/aromatic N) is 1.